The zero-order valence-corrected chi connectivity index (χ0v) is 15.4. The summed E-state index contributed by atoms with van der Waals surface area (Å²) in [7, 11) is 0. The minimum Gasteiger partial charge on any atom is -0.378 e. The summed E-state index contributed by atoms with van der Waals surface area (Å²) in [6, 6.07) is 11.1. The summed E-state index contributed by atoms with van der Waals surface area (Å²) < 4.78 is 19.9. The highest BCUT2D eigenvalue weighted by Crippen LogP contribution is 2.44. The maximum absolute atomic E-state index is 14.4. The normalized spacial score (nSPS) is 14.6. The largest absolute Gasteiger partial charge is 0.378 e. The first-order chi connectivity index (χ1) is 12.7. The highest BCUT2D eigenvalue weighted by molar-refractivity contribution is 7.17. The quantitative estimate of drug-likeness (QED) is 0.583. The second-order valence-electron chi connectivity index (χ2n) is 6.48. The zero-order chi connectivity index (χ0) is 18.1. The molecular weight excluding hydrogens is 347 g/mol. The van der Waals surface area contributed by atoms with E-state index < -0.39 is 0 Å². The van der Waals surface area contributed by atoms with Gasteiger partial charge in [-0.3, -0.25) is 0 Å². The van der Waals surface area contributed by atoms with Gasteiger partial charge in [-0.25, -0.2) is 9.24 Å². The van der Waals surface area contributed by atoms with Crippen LogP contribution >= 0.6 is 11.3 Å². The number of anilines is 1. The Morgan fingerprint density at radius 2 is 2.00 bits per heavy atom. The van der Waals surface area contributed by atoms with Gasteiger partial charge >= 0.3 is 0 Å². The second kappa shape index (κ2) is 7.06. The van der Waals surface area contributed by atoms with Gasteiger partial charge in [0.2, 0.25) is 5.69 Å². The highest BCUT2D eigenvalue weighted by Gasteiger charge is 2.22. The summed E-state index contributed by atoms with van der Waals surface area (Å²) in [5, 5.41) is 2.56. The maximum atomic E-state index is 14.4. The van der Waals surface area contributed by atoms with E-state index in [1.165, 1.54) is 0 Å². The first-order valence-electron chi connectivity index (χ1n) is 8.67. The Balaban J connectivity index is 1.72. The Labute approximate surface area is 156 Å². The average molecular weight is 366 g/mol. The van der Waals surface area contributed by atoms with Crippen LogP contribution in [0.15, 0.2) is 36.4 Å². The molecule has 4 rings (SSSR count). The van der Waals surface area contributed by atoms with Gasteiger partial charge in [-0.15, -0.1) is 11.3 Å². The van der Waals surface area contributed by atoms with Gasteiger partial charge in [-0.1, -0.05) is 30.3 Å². The third-order valence-electron chi connectivity index (χ3n) is 4.83. The summed E-state index contributed by atoms with van der Waals surface area (Å²) >= 11 is 1.66. The molecule has 2 heterocycles. The maximum Gasteiger partial charge on any atom is 0.224 e. The minimum atomic E-state index is -0.205. The minimum absolute atomic E-state index is 0.205. The molecule has 3 nitrogen and oxygen atoms in total. The third kappa shape index (κ3) is 3.07. The summed E-state index contributed by atoms with van der Waals surface area (Å²) in [5.74, 6) is -0.205. The van der Waals surface area contributed by atoms with Crippen molar-refractivity contribution in [2.24, 2.45) is 0 Å². The molecule has 1 fully saturated rings. The van der Waals surface area contributed by atoms with Crippen LogP contribution in [0.2, 0.25) is 0 Å². The van der Waals surface area contributed by atoms with E-state index in [2.05, 4.69) is 16.7 Å². The standard InChI is InChI=1S/C21H19FN2OS/c1-14-18(20(23-2)21(26-14)24-7-9-25-10-8-24)12-15-11-16-5-3-4-6-17(16)19(22)13-15/h3-6,11,13H,7-10,12H2,1H3. The van der Waals surface area contributed by atoms with Crippen LogP contribution in [0.25, 0.3) is 15.6 Å². The van der Waals surface area contributed by atoms with Crippen LogP contribution in [0.3, 0.4) is 0 Å². The monoisotopic (exact) mass is 366 g/mol. The molecule has 0 N–H and O–H groups in total. The number of morpholine rings is 1. The Kier molecular flexibility index (Phi) is 4.62. The number of hydrogen-bond donors (Lipinski definition) is 0. The molecule has 1 aliphatic heterocycles. The van der Waals surface area contributed by atoms with Crippen molar-refractivity contribution in [2.75, 3.05) is 31.2 Å². The first-order valence-corrected chi connectivity index (χ1v) is 9.48. The molecule has 0 bridgehead atoms. The van der Waals surface area contributed by atoms with Crippen molar-refractivity contribution in [1.82, 2.24) is 0 Å². The van der Waals surface area contributed by atoms with Crippen LogP contribution in [0, 0.1) is 19.3 Å². The second-order valence-corrected chi connectivity index (χ2v) is 7.68. The van der Waals surface area contributed by atoms with Crippen LogP contribution in [0.1, 0.15) is 16.0 Å². The fraction of sp³-hybridized carbons (Fsp3) is 0.286. The Morgan fingerprint density at radius 3 is 2.77 bits per heavy atom. The van der Waals surface area contributed by atoms with E-state index in [1.807, 2.05) is 24.3 Å². The van der Waals surface area contributed by atoms with Crippen LogP contribution in [-0.4, -0.2) is 26.3 Å². The lowest BCUT2D eigenvalue weighted by atomic mass is 10.0. The lowest BCUT2D eigenvalue weighted by molar-refractivity contribution is 0.123. The van der Waals surface area contributed by atoms with Crippen molar-refractivity contribution >= 4 is 32.8 Å². The Bertz CT molecular complexity index is 999. The predicted octanol–water partition coefficient (Wildman–Crippen LogP) is 5.33. The van der Waals surface area contributed by atoms with Gasteiger partial charge in [-0.05, 0) is 40.8 Å². The molecule has 5 heteroatoms. The van der Waals surface area contributed by atoms with Gasteiger partial charge in [0, 0.05) is 18.5 Å². The van der Waals surface area contributed by atoms with Gasteiger partial charge < -0.3 is 9.64 Å². The lowest BCUT2D eigenvalue weighted by Gasteiger charge is -2.28. The first kappa shape index (κ1) is 17.0. The number of aryl methyl sites for hydroxylation is 1. The molecule has 1 aliphatic rings. The van der Waals surface area contributed by atoms with Gasteiger partial charge in [0.05, 0.1) is 24.8 Å². The number of hydrogen-bond acceptors (Lipinski definition) is 3. The van der Waals surface area contributed by atoms with Crippen LogP contribution in [-0.2, 0) is 11.2 Å². The van der Waals surface area contributed by atoms with E-state index in [0.717, 1.165) is 39.5 Å². The van der Waals surface area contributed by atoms with Crippen LogP contribution < -0.4 is 4.90 Å². The lowest BCUT2D eigenvalue weighted by Crippen LogP contribution is -2.35. The van der Waals surface area contributed by atoms with Crippen molar-refractivity contribution in [3.8, 4) is 0 Å². The van der Waals surface area contributed by atoms with Crippen LogP contribution in [0.5, 0.6) is 0 Å². The SMILES string of the molecule is [C-]#[N+]c1c(N2CCOCC2)sc(C)c1Cc1cc(F)c2ccccc2c1. The third-order valence-corrected chi connectivity index (χ3v) is 6.02. The number of ether oxygens (including phenoxy) is 1. The topological polar surface area (TPSA) is 16.8 Å². The van der Waals surface area contributed by atoms with E-state index in [-0.39, 0.29) is 5.82 Å². The molecule has 0 spiro atoms. The fourth-order valence-electron chi connectivity index (χ4n) is 3.48. The van der Waals surface area contributed by atoms with Crippen molar-refractivity contribution in [3.05, 3.63) is 69.6 Å². The van der Waals surface area contributed by atoms with E-state index in [0.29, 0.717) is 30.7 Å². The number of fused-ring (bicyclic) bond motifs is 1. The summed E-state index contributed by atoms with van der Waals surface area (Å²) in [6.45, 7) is 12.8. The summed E-state index contributed by atoms with van der Waals surface area (Å²) in [4.78, 5) is 7.20. The van der Waals surface area contributed by atoms with E-state index >= 15 is 0 Å². The molecule has 0 radical (unpaired) electrons. The molecule has 0 saturated carbocycles. The van der Waals surface area contributed by atoms with Gasteiger partial charge in [-0.2, -0.15) is 0 Å². The molecule has 0 unspecified atom stereocenters. The predicted molar refractivity (Wildman–Crippen MR) is 105 cm³/mol. The smallest absolute Gasteiger partial charge is 0.224 e. The van der Waals surface area contributed by atoms with E-state index in [1.54, 1.807) is 23.5 Å². The molecule has 1 saturated heterocycles. The van der Waals surface area contributed by atoms with Gasteiger partial charge in [0.25, 0.3) is 0 Å². The molecule has 3 aromatic rings. The Morgan fingerprint density at radius 1 is 1.23 bits per heavy atom. The molecule has 0 atom stereocenters. The fourth-order valence-corrected chi connectivity index (χ4v) is 4.64. The molecule has 1 aromatic heterocycles. The highest BCUT2D eigenvalue weighted by atomic mass is 32.1. The summed E-state index contributed by atoms with van der Waals surface area (Å²) in [6.07, 6.45) is 0.576. The average Bonchev–Trinajstić information content (AvgIpc) is 2.98. The molecule has 132 valence electrons. The van der Waals surface area contributed by atoms with E-state index in [9.17, 15) is 4.39 Å². The molecule has 26 heavy (non-hydrogen) atoms. The van der Waals surface area contributed by atoms with Crippen LogP contribution in [0.4, 0.5) is 15.1 Å². The molecule has 0 amide bonds. The number of benzene rings is 2. The van der Waals surface area contributed by atoms with E-state index in [4.69, 9.17) is 11.3 Å². The molecule has 2 aromatic carbocycles. The van der Waals surface area contributed by atoms with Crippen molar-refractivity contribution in [3.63, 3.8) is 0 Å². The van der Waals surface area contributed by atoms with Crippen molar-refractivity contribution in [2.45, 2.75) is 13.3 Å². The Hall–Kier alpha value is -2.42. The number of halogens is 1. The number of rotatable bonds is 3. The zero-order valence-electron chi connectivity index (χ0n) is 14.6. The van der Waals surface area contributed by atoms with Crippen molar-refractivity contribution < 1.29 is 9.13 Å². The molecular formula is C21H19FN2OS. The summed E-state index contributed by atoms with van der Waals surface area (Å²) in [5.41, 5.74) is 2.63. The molecule has 0 aliphatic carbocycles. The van der Waals surface area contributed by atoms with Gasteiger partial charge in [0.15, 0.2) is 0 Å². The number of thiophene rings is 1. The van der Waals surface area contributed by atoms with Crippen molar-refractivity contribution in [1.29, 1.82) is 0 Å². The number of nitrogens with zero attached hydrogens (tertiary/aromatic N) is 2. The van der Waals surface area contributed by atoms with Gasteiger partial charge in [0.1, 0.15) is 5.82 Å².